The molecule has 10 rings (SSSR count). The summed E-state index contributed by atoms with van der Waals surface area (Å²) in [4.78, 5) is 0. The van der Waals surface area contributed by atoms with Gasteiger partial charge in [0.1, 0.15) is 11.2 Å². The minimum Gasteiger partial charge on any atom is -0.456 e. The lowest BCUT2D eigenvalue weighted by atomic mass is 9.85. The number of furan rings is 1. The Balaban J connectivity index is 1.23. The molecule has 0 saturated heterocycles. The SMILES string of the molecule is [2H]c1c([2H])c([2H])c(-c2c([2H])c([2H])c3oc4c([2H])c(-c5ccc6cc(-c7c8c([2H])c([2H])c([2H])c([2H])c8c(-c8c([2H])c([2H])c([2H])c([2H])c8[2H])c8c([2H])c([2H])c([2H])c([2H])c78)ccc6c5)c([2H])c([2H])c4c3c2[2H])c([2H])c1[2H]. The van der Waals surface area contributed by atoms with Gasteiger partial charge >= 0.3 is 0 Å². The number of rotatable bonds is 4. The fourth-order valence-corrected chi connectivity index (χ4v) is 6.13. The summed E-state index contributed by atoms with van der Waals surface area (Å²) in [6, 6.07) is -7.48. The predicted octanol–water partition coefficient (Wildman–Crippen LogP) is 13.7. The largest absolute Gasteiger partial charge is 0.456 e. The van der Waals surface area contributed by atoms with E-state index in [1.54, 1.807) is 24.3 Å². The van der Waals surface area contributed by atoms with Crippen LogP contribution in [0.1, 0.15) is 32.9 Å². The highest BCUT2D eigenvalue weighted by Crippen LogP contribution is 2.44. The van der Waals surface area contributed by atoms with Gasteiger partial charge in [-0.15, -0.1) is 0 Å². The minimum absolute atomic E-state index is 0.0877. The van der Waals surface area contributed by atoms with Crippen molar-refractivity contribution < 1.29 is 37.3 Å². The molecular formula is C48H30O. The first-order chi connectivity index (χ1) is 34.3. The van der Waals surface area contributed by atoms with E-state index >= 15 is 0 Å². The highest BCUT2D eigenvalue weighted by Gasteiger charge is 2.17. The van der Waals surface area contributed by atoms with E-state index in [0.717, 1.165) is 0 Å². The van der Waals surface area contributed by atoms with Crippen molar-refractivity contribution in [2.45, 2.75) is 0 Å². The summed E-state index contributed by atoms with van der Waals surface area (Å²) in [6.45, 7) is 0. The van der Waals surface area contributed by atoms with Crippen LogP contribution in [0.15, 0.2) is 186 Å². The molecule has 10 aromatic rings. The summed E-state index contributed by atoms with van der Waals surface area (Å²) in [5.74, 6) is 0. The molecule has 1 heterocycles. The highest BCUT2D eigenvalue weighted by molar-refractivity contribution is 6.21. The lowest BCUT2D eigenvalue weighted by Gasteiger charge is -2.18. The van der Waals surface area contributed by atoms with Gasteiger partial charge in [0.05, 0.1) is 32.9 Å². The molecule has 0 aliphatic carbocycles. The van der Waals surface area contributed by atoms with Gasteiger partial charge in [0.2, 0.25) is 0 Å². The van der Waals surface area contributed by atoms with Gasteiger partial charge in [-0.2, -0.15) is 0 Å². The Morgan fingerprint density at radius 3 is 1.49 bits per heavy atom. The zero-order valence-electron chi connectivity index (χ0n) is 48.9. The van der Waals surface area contributed by atoms with E-state index in [4.69, 9.17) is 26.3 Å². The second kappa shape index (κ2) is 11.1. The molecule has 0 unspecified atom stereocenters. The van der Waals surface area contributed by atoms with Crippen LogP contribution in [0.3, 0.4) is 0 Å². The average molecular weight is 647 g/mol. The number of fused-ring (bicyclic) bond motifs is 6. The third kappa shape index (κ3) is 4.55. The molecule has 1 aromatic heterocycles. The van der Waals surface area contributed by atoms with Gasteiger partial charge in [0.25, 0.3) is 0 Å². The fourth-order valence-electron chi connectivity index (χ4n) is 6.13. The van der Waals surface area contributed by atoms with Crippen molar-refractivity contribution in [1.29, 1.82) is 0 Å². The lowest BCUT2D eigenvalue weighted by molar-refractivity contribution is 0.669. The molecule has 0 fully saturated rings. The second-order valence-electron chi connectivity index (χ2n) is 11.0. The van der Waals surface area contributed by atoms with Crippen LogP contribution in [0.25, 0.3) is 98.8 Å². The van der Waals surface area contributed by atoms with Crippen molar-refractivity contribution >= 4 is 54.3 Å². The fraction of sp³-hybridized carbons (Fsp3) is 0. The maximum Gasteiger partial charge on any atom is 0.136 e. The molecule has 0 radical (unpaired) electrons. The van der Waals surface area contributed by atoms with E-state index < -0.39 is 173 Å². The highest BCUT2D eigenvalue weighted by atomic mass is 16.3. The third-order valence-electron chi connectivity index (χ3n) is 8.30. The van der Waals surface area contributed by atoms with E-state index in [9.17, 15) is 11.0 Å². The summed E-state index contributed by atoms with van der Waals surface area (Å²) >= 11 is 0. The Morgan fingerprint density at radius 1 is 0.327 bits per heavy atom. The van der Waals surface area contributed by atoms with E-state index in [2.05, 4.69) is 0 Å². The quantitative estimate of drug-likeness (QED) is 0.173. The van der Waals surface area contributed by atoms with Crippen molar-refractivity contribution in [3.05, 3.63) is 181 Å². The van der Waals surface area contributed by atoms with E-state index in [1.165, 1.54) is 12.1 Å². The maximum absolute atomic E-state index is 9.32. The van der Waals surface area contributed by atoms with E-state index in [0.29, 0.717) is 10.8 Å². The number of benzene rings is 9. The van der Waals surface area contributed by atoms with Crippen LogP contribution < -0.4 is 0 Å². The molecule has 0 spiro atoms. The van der Waals surface area contributed by atoms with E-state index in [-0.39, 0.29) is 60.2 Å². The van der Waals surface area contributed by atoms with Crippen molar-refractivity contribution in [2.75, 3.05) is 0 Å². The second-order valence-corrected chi connectivity index (χ2v) is 11.0. The molecule has 0 atom stereocenters. The first kappa shape index (κ1) is 12.9. The summed E-state index contributed by atoms with van der Waals surface area (Å²) in [5, 5.41) is -0.952. The van der Waals surface area contributed by atoms with Crippen LogP contribution in [0, 0.1) is 0 Å². The Morgan fingerprint density at radius 2 is 0.837 bits per heavy atom. The Kier molecular flexibility index (Phi) is 2.91. The average Bonchev–Trinajstić information content (AvgIpc) is 3.79. The van der Waals surface area contributed by atoms with Gasteiger partial charge in [-0.1, -0.05) is 145 Å². The van der Waals surface area contributed by atoms with Gasteiger partial charge < -0.3 is 4.42 Å². The summed E-state index contributed by atoms with van der Waals surface area (Å²) < 4.78 is 216. The Bertz CT molecular complexity index is 4120. The van der Waals surface area contributed by atoms with Crippen molar-refractivity contribution in [1.82, 2.24) is 0 Å². The predicted molar refractivity (Wildman–Crippen MR) is 208 cm³/mol. The molecule has 228 valence electrons. The molecule has 0 bridgehead atoms. The smallest absolute Gasteiger partial charge is 0.136 e. The monoisotopic (exact) mass is 646 g/mol. The maximum atomic E-state index is 9.32. The van der Waals surface area contributed by atoms with Gasteiger partial charge in [-0.25, -0.2) is 0 Å². The van der Waals surface area contributed by atoms with Gasteiger partial charge in [-0.3, -0.25) is 0 Å². The van der Waals surface area contributed by atoms with Crippen LogP contribution in [0.4, 0.5) is 0 Å². The van der Waals surface area contributed by atoms with E-state index in [1.807, 2.05) is 0 Å². The Hall–Kier alpha value is -6.44. The molecule has 1 nitrogen and oxygen atoms in total. The lowest BCUT2D eigenvalue weighted by Crippen LogP contribution is -1.90. The molecule has 0 amide bonds. The molecular weight excluding hydrogens is 593 g/mol. The minimum atomic E-state index is -0.792. The van der Waals surface area contributed by atoms with Gasteiger partial charge in [0.15, 0.2) is 0 Å². The normalized spacial score (nSPS) is 18.5. The summed E-state index contributed by atoms with van der Waals surface area (Å²) in [7, 11) is 0. The molecule has 9 aromatic carbocycles. The van der Waals surface area contributed by atoms with Crippen LogP contribution in [0.5, 0.6) is 0 Å². The third-order valence-corrected chi connectivity index (χ3v) is 8.30. The molecule has 0 N–H and O–H groups in total. The molecule has 0 aliphatic rings. The van der Waals surface area contributed by atoms with Crippen molar-refractivity contribution in [3.63, 3.8) is 0 Å². The zero-order chi connectivity index (χ0) is 53.2. The zero-order valence-corrected chi connectivity index (χ0v) is 24.9. The first-order valence-electron chi connectivity index (χ1n) is 26.9. The van der Waals surface area contributed by atoms with Gasteiger partial charge in [0, 0.05) is 10.8 Å². The number of hydrogen-bond donors (Lipinski definition) is 0. The Labute approximate surface area is 318 Å². The first-order valence-corrected chi connectivity index (χ1v) is 14.9. The van der Waals surface area contributed by atoms with Gasteiger partial charge in [-0.05, 0) is 113 Å². The summed E-state index contributed by atoms with van der Waals surface area (Å²) in [5.41, 5.74) is -2.55. The molecule has 0 saturated carbocycles. The van der Waals surface area contributed by atoms with Crippen LogP contribution in [-0.2, 0) is 0 Å². The molecule has 0 aliphatic heterocycles. The van der Waals surface area contributed by atoms with Crippen LogP contribution in [-0.4, -0.2) is 0 Å². The molecule has 1 heteroatoms. The van der Waals surface area contributed by atoms with Crippen LogP contribution >= 0.6 is 0 Å². The number of hydrogen-bond acceptors (Lipinski definition) is 1. The van der Waals surface area contributed by atoms with Crippen molar-refractivity contribution in [3.8, 4) is 44.5 Å². The summed E-state index contributed by atoms with van der Waals surface area (Å²) in [6.07, 6.45) is 0. The topological polar surface area (TPSA) is 13.1 Å². The standard InChI is InChI=1S/C48H30O/c1-3-11-31(12-4-1)36-24-26-45-44(29-36)39-25-23-37(30-46(39)49-45)34-19-20-35-28-38(22-21-33(35)27-34)48-42-17-9-7-15-40(42)47(32-13-5-2-6-14-32)41-16-8-10-18-43(41)48/h1-30H/i1D,2D,3D,4D,5D,6D,7D,8D,9D,10D,11D,12D,13D,14D,15D,16D,17D,18D,23D,24D,25D,26D,29D,30D. The van der Waals surface area contributed by atoms with Crippen LogP contribution in [0.2, 0.25) is 0 Å². The molecule has 49 heavy (non-hydrogen) atoms. The van der Waals surface area contributed by atoms with Crippen molar-refractivity contribution in [2.24, 2.45) is 0 Å².